The van der Waals surface area contributed by atoms with Gasteiger partial charge in [-0.25, -0.2) is 0 Å². The number of carboxylic acids is 1. The van der Waals surface area contributed by atoms with E-state index >= 15 is 0 Å². The minimum atomic E-state index is -0.763. The summed E-state index contributed by atoms with van der Waals surface area (Å²) < 4.78 is 0. The number of hydrogen-bond donors (Lipinski definition) is 2. The fourth-order valence-electron chi connectivity index (χ4n) is 1.22. The highest BCUT2D eigenvalue weighted by atomic mass is 16.4. The van der Waals surface area contributed by atoms with Gasteiger partial charge in [0.25, 0.3) is 0 Å². The van der Waals surface area contributed by atoms with Crippen LogP contribution in [0, 0.1) is 0 Å². The Morgan fingerprint density at radius 3 is 2.75 bits per heavy atom. The molecule has 0 bridgehead atoms. The first-order valence-corrected chi connectivity index (χ1v) is 3.87. The number of rotatable bonds is 3. The second kappa shape index (κ2) is 3.01. The predicted molar refractivity (Wildman–Crippen MR) is 46.1 cm³/mol. The lowest BCUT2D eigenvalue weighted by Crippen LogP contribution is -2.20. The normalized spacial score (nSPS) is 11.5. The highest BCUT2D eigenvalue weighted by Gasteiger charge is 2.23. The van der Waals surface area contributed by atoms with Crippen LogP contribution in [0.5, 0.6) is 0 Å². The van der Waals surface area contributed by atoms with Crippen molar-refractivity contribution in [2.75, 3.05) is 0 Å². The van der Waals surface area contributed by atoms with Crippen LogP contribution in [0.4, 0.5) is 0 Å². The zero-order chi connectivity index (χ0) is 9.19. The van der Waals surface area contributed by atoms with Crippen molar-refractivity contribution < 1.29 is 9.90 Å². The van der Waals surface area contributed by atoms with Gasteiger partial charge in [0.2, 0.25) is 0 Å². The average Bonchev–Trinajstić information content (AvgIpc) is 2.32. The molecule has 0 aromatic carbocycles. The van der Waals surface area contributed by atoms with E-state index < -0.39 is 5.97 Å². The highest BCUT2D eigenvalue weighted by Crippen LogP contribution is 2.26. The van der Waals surface area contributed by atoms with Gasteiger partial charge < -0.3 is 10.1 Å². The zero-order valence-electron chi connectivity index (χ0n) is 7.29. The second-order valence-electron chi connectivity index (χ2n) is 3.55. The molecule has 3 heteroatoms. The van der Waals surface area contributed by atoms with Gasteiger partial charge in [-0.05, 0) is 11.6 Å². The minimum Gasteiger partial charge on any atom is -0.481 e. The minimum absolute atomic E-state index is 0.158. The van der Waals surface area contributed by atoms with Gasteiger partial charge in [0.05, 0.1) is 6.42 Å². The Labute approximate surface area is 71.4 Å². The Hall–Kier alpha value is -1.25. The summed E-state index contributed by atoms with van der Waals surface area (Å²) in [5.41, 5.74) is 0.746. The maximum Gasteiger partial charge on any atom is 0.304 e. The molecule has 0 atom stereocenters. The third-order valence-electron chi connectivity index (χ3n) is 1.97. The second-order valence-corrected chi connectivity index (χ2v) is 3.55. The van der Waals surface area contributed by atoms with E-state index in [1.807, 2.05) is 26.1 Å². The average molecular weight is 167 g/mol. The topological polar surface area (TPSA) is 53.1 Å². The SMILES string of the molecule is CC(C)(CC(=O)O)c1cc[nH]c1. The molecular weight excluding hydrogens is 154 g/mol. The molecule has 1 heterocycles. The zero-order valence-corrected chi connectivity index (χ0v) is 7.29. The van der Waals surface area contributed by atoms with Crippen molar-refractivity contribution in [2.45, 2.75) is 25.7 Å². The highest BCUT2D eigenvalue weighted by molar-refractivity contribution is 5.68. The molecule has 0 saturated carbocycles. The van der Waals surface area contributed by atoms with Gasteiger partial charge in [-0.2, -0.15) is 0 Å². The summed E-state index contributed by atoms with van der Waals surface area (Å²) in [5, 5.41) is 8.64. The Kier molecular flexibility index (Phi) is 2.22. The molecule has 0 saturated heterocycles. The molecule has 3 nitrogen and oxygen atoms in total. The van der Waals surface area contributed by atoms with E-state index in [0.29, 0.717) is 0 Å². The molecule has 1 aromatic heterocycles. The first-order valence-electron chi connectivity index (χ1n) is 3.87. The summed E-state index contributed by atoms with van der Waals surface area (Å²) in [7, 11) is 0. The molecule has 1 rings (SSSR count). The van der Waals surface area contributed by atoms with Crippen LogP contribution >= 0.6 is 0 Å². The van der Waals surface area contributed by atoms with Crippen LogP contribution in [0.15, 0.2) is 18.5 Å². The van der Waals surface area contributed by atoms with Gasteiger partial charge in [0.1, 0.15) is 0 Å². The lowest BCUT2D eigenvalue weighted by molar-refractivity contribution is -0.138. The molecule has 2 N–H and O–H groups in total. The monoisotopic (exact) mass is 167 g/mol. The number of hydrogen-bond acceptors (Lipinski definition) is 1. The van der Waals surface area contributed by atoms with Crippen LogP contribution in [-0.2, 0) is 10.2 Å². The van der Waals surface area contributed by atoms with Crippen LogP contribution in [0.3, 0.4) is 0 Å². The summed E-state index contributed by atoms with van der Waals surface area (Å²) in [6.45, 7) is 3.84. The number of aromatic nitrogens is 1. The molecule has 0 aliphatic rings. The van der Waals surface area contributed by atoms with Crippen molar-refractivity contribution in [3.63, 3.8) is 0 Å². The van der Waals surface area contributed by atoms with E-state index in [4.69, 9.17) is 5.11 Å². The van der Waals surface area contributed by atoms with Gasteiger partial charge in [-0.3, -0.25) is 4.79 Å². The van der Waals surface area contributed by atoms with E-state index in [-0.39, 0.29) is 11.8 Å². The molecule has 0 unspecified atom stereocenters. The molecular formula is C9H13NO2. The Balaban J connectivity index is 2.79. The van der Waals surface area contributed by atoms with Gasteiger partial charge in [-0.1, -0.05) is 13.8 Å². The lowest BCUT2D eigenvalue weighted by Gasteiger charge is -2.20. The molecule has 0 radical (unpaired) electrons. The van der Waals surface area contributed by atoms with Gasteiger partial charge in [0, 0.05) is 17.8 Å². The van der Waals surface area contributed by atoms with E-state index in [9.17, 15) is 4.79 Å². The molecule has 0 aliphatic heterocycles. The quantitative estimate of drug-likeness (QED) is 0.720. The largest absolute Gasteiger partial charge is 0.481 e. The smallest absolute Gasteiger partial charge is 0.304 e. The van der Waals surface area contributed by atoms with Crippen molar-refractivity contribution >= 4 is 5.97 Å². The lowest BCUT2D eigenvalue weighted by atomic mass is 9.83. The summed E-state index contributed by atoms with van der Waals surface area (Å²) >= 11 is 0. The molecule has 0 spiro atoms. The van der Waals surface area contributed by atoms with Gasteiger partial charge in [0.15, 0.2) is 0 Å². The van der Waals surface area contributed by atoms with Crippen LogP contribution in [0.25, 0.3) is 0 Å². The number of nitrogens with one attached hydrogen (secondary N) is 1. The maximum atomic E-state index is 10.5. The molecule has 0 fully saturated rings. The molecule has 1 aromatic rings. The standard InChI is InChI=1S/C9H13NO2/c1-9(2,5-8(11)12)7-3-4-10-6-7/h3-4,6,10H,5H2,1-2H3,(H,11,12). The Morgan fingerprint density at radius 2 is 2.33 bits per heavy atom. The van der Waals surface area contributed by atoms with Crippen LogP contribution < -0.4 is 0 Å². The Morgan fingerprint density at radius 1 is 1.67 bits per heavy atom. The summed E-state index contributed by atoms with van der Waals surface area (Å²) in [6.07, 6.45) is 3.80. The van der Waals surface area contributed by atoms with Crippen molar-refractivity contribution in [1.82, 2.24) is 4.98 Å². The fraction of sp³-hybridized carbons (Fsp3) is 0.444. The predicted octanol–water partition coefficient (Wildman–Crippen LogP) is 1.77. The number of aliphatic carboxylic acids is 1. The number of carbonyl (C=O) groups is 1. The summed E-state index contributed by atoms with van der Waals surface area (Å²) in [6, 6.07) is 1.91. The van der Waals surface area contributed by atoms with Gasteiger partial charge >= 0.3 is 5.97 Å². The van der Waals surface area contributed by atoms with Crippen molar-refractivity contribution in [3.8, 4) is 0 Å². The first-order chi connectivity index (χ1) is 5.52. The maximum absolute atomic E-state index is 10.5. The fourth-order valence-corrected chi connectivity index (χ4v) is 1.22. The van der Waals surface area contributed by atoms with Crippen LogP contribution in [0.2, 0.25) is 0 Å². The summed E-state index contributed by atoms with van der Waals surface area (Å²) in [4.78, 5) is 13.4. The third-order valence-corrected chi connectivity index (χ3v) is 1.97. The molecule has 12 heavy (non-hydrogen) atoms. The number of carboxylic acid groups (broad SMARTS) is 1. The van der Waals surface area contributed by atoms with Crippen LogP contribution in [-0.4, -0.2) is 16.1 Å². The first kappa shape index (κ1) is 8.84. The van der Waals surface area contributed by atoms with E-state index in [2.05, 4.69) is 4.98 Å². The van der Waals surface area contributed by atoms with Gasteiger partial charge in [-0.15, -0.1) is 0 Å². The van der Waals surface area contributed by atoms with Crippen molar-refractivity contribution in [1.29, 1.82) is 0 Å². The Bertz CT molecular complexity index is 262. The van der Waals surface area contributed by atoms with E-state index in [1.54, 1.807) is 6.20 Å². The van der Waals surface area contributed by atoms with E-state index in [1.165, 1.54) is 0 Å². The molecule has 66 valence electrons. The molecule has 0 aliphatic carbocycles. The van der Waals surface area contributed by atoms with Crippen molar-refractivity contribution in [2.24, 2.45) is 0 Å². The molecule has 0 amide bonds. The number of H-pyrrole nitrogens is 1. The number of aromatic amines is 1. The third kappa shape index (κ3) is 1.87. The summed E-state index contributed by atoms with van der Waals surface area (Å²) in [5.74, 6) is -0.763. The van der Waals surface area contributed by atoms with Crippen molar-refractivity contribution in [3.05, 3.63) is 24.0 Å². The van der Waals surface area contributed by atoms with Crippen LogP contribution in [0.1, 0.15) is 25.8 Å². The van der Waals surface area contributed by atoms with E-state index in [0.717, 1.165) is 5.56 Å².